The van der Waals surface area contributed by atoms with Gasteiger partial charge in [-0.05, 0) is 24.1 Å². The first-order valence-corrected chi connectivity index (χ1v) is 6.73. The predicted molar refractivity (Wildman–Crippen MR) is 69.6 cm³/mol. The molecular formula is C13H15NO2S. The quantitative estimate of drug-likeness (QED) is 0.659. The van der Waals surface area contributed by atoms with Crippen LogP contribution in [-0.2, 0) is 4.79 Å². The van der Waals surface area contributed by atoms with Crippen molar-refractivity contribution in [3.8, 4) is 0 Å². The molecule has 1 aliphatic heterocycles. The van der Waals surface area contributed by atoms with Crippen molar-refractivity contribution in [2.24, 2.45) is 5.92 Å². The highest BCUT2D eigenvalue weighted by molar-refractivity contribution is 7.99. The van der Waals surface area contributed by atoms with E-state index in [0.29, 0.717) is 17.2 Å². The summed E-state index contributed by atoms with van der Waals surface area (Å²) in [6.45, 7) is 4.39. The van der Waals surface area contributed by atoms with Gasteiger partial charge in [-0.25, -0.2) is 0 Å². The van der Waals surface area contributed by atoms with E-state index in [4.69, 9.17) is 0 Å². The van der Waals surface area contributed by atoms with E-state index < -0.39 is 11.7 Å². The van der Waals surface area contributed by atoms with Gasteiger partial charge in [0.05, 0.1) is 11.3 Å². The molecule has 90 valence electrons. The second-order valence-corrected chi connectivity index (χ2v) is 5.41. The third kappa shape index (κ3) is 2.52. The Balaban J connectivity index is 2.11. The lowest BCUT2D eigenvalue weighted by Gasteiger charge is -2.08. The standard InChI is InChI=1S/C13H15NO2S/c1-3-8(2)7-17-9-4-5-10-11(6-9)14-13(16)12(10)15/h4-6,8H,3,7H2,1-2H3,(H,14,15,16). The Bertz CT molecular complexity index is 470. The molecule has 1 aromatic rings. The van der Waals surface area contributed by atoms with Crippen LogP contribution >= 0.6 is 11.8 Å². The van der Waals surface area contributed by atoms with E-state index in [-0.39, 0.29) is 0 Å². The number of amides is 1. The number of rotatable bonds is 4. The molecule has 0 saturated carbocycles. The SMILES string of the molecule is CCC(C)CSc1ccc2c(c1)NC(=O)C2=O. The molecule has 1 heterocycles. The van der Waals surface area contributed by atoms with Crippen LogP contribution in [-0.4, -0.2) is 17.4 Å². The highest BCUT2D eigenvalue weighted by atomic mass is 32.2. The van der Waals surface area contributed by atoms with Crippen LogP contribution in [0.2, 0.25) is 0 Å². The lowest BCUT2D eigenvalue weighted by Crippen LogP contribution is -2.12. The topological polar surface area (TPSA) is 46.2 Å². The molecule has 2 rings (SSSR count). The summed E-state index contributed by atoms with van der Waals surface area (Å²) in [6, 6.07) is 5.52. The van der Waals surface area contributed by atoms with Crippen molar-refractivity contribution in [1.82, 2.24) is 0 Å². The predicted octanol–water partition coefficient (Wildman–Crippen LogP) is 2.96. The van der Waals surface area contributed by atoms with Crippen molar-refractivity contribution < 1.29 is 9.59 Å². The first-order chi connectivity index (χ1) is 8.11. The first kappa shape index (κ1) is 12.2. The number of hydrogen-bond donors (Lipinski definition) is 1. The molecule has 1 atom stereocenters. The molecule has 4 heteroatoms. The average molecular weight is 249 g/mol. The van der Waals surface area contributed by atoms with Gasteiger partial charge in [0.25, 0.3) is 11.7 Å². The third-order valence-electron chi connectivity index (χ3n) is 2.92. The van der Waals surface area contributed by atoms with Crippen LogP contribution in [0.25, 0.3) is 0 Å². The number of thioether (sulfide) groups is 1. The molecule has 1 unspecified atom stereocenters. The Kier molecular flexibility index (Phi) is 3.52. The summed E-state index contributed by atoms with van der Waals surface area (Å²) in [5.41, 5.74) is 1.14. The average Bonchev–Trinajstić information content (AvgIpc) is 2.62. The maximum absolute atomic E-state index is 11.4. The number of ketones is 1. The van der Waals surface area contributed by atoms with Gasteiger partial charge in [0.15, 0.2) is 0 Å². The van der Waals surface area contributed by atoms with Gasteiger partial charge in [0.2, 0.25) is 0 Å². The molecule has 3 nitrogen and oxygen atoms in total. The fraction of sp³-hybridized carbons (Fsp3) is 0.385. The summed E-state index contributed by atoms with van der Waals surface area (Å²) in [5.74, 6) is 0.768. The van der Waals surface area contributed by atoms with Gasteiger partial charge < -0.3 is 5.32 Å². The normalized spacial score (nSPS) is 15.6. The number of benzene rings is 1. The number of nitrogens with one attached hydrogen (secondary N) is 1. The van der Waals surface area contributed by atoms with Crippen LogP contribution in [0.3, 0.4) is 0 Å². The van der Waals surface area contributed by atoms with E-state index in [9.17, 15) is 9.59 Å². The molecule has 1 amide bonds. The smallest absolute Gasteiger partial charge is 0.296 e. The number of hydrogen-bond acceptors (Lipinski definition) is 3. The highest BCUT2D eigenvalue weighted by Crippen LogP contribution is 2.30. The van der Waals surface area contributed by atoms with E-state index in [2.05, 4.69) is 19.2 Å². The molecular weight excluding hydrogens is 234 g/mol. The van der Waals surface area contributed by atoms with Crippen molar-refractivity contribution in [3.63, 3.8) is 0 Å². The zero-order chi connectivity index (χ0) is 12.4. The van der Waals surface area contributed by atoms with Crippen LogP contribution in [0.1, 0.15) is 30.6 Å². The van der Waals surface area contributed by atoms with Crippen LogP contribution < -0.4 is 5.32 Å². The van der Waals surface area contributed by atoms with Gasteiger partial charge in [-0.1, -0.05) is 20.3 Å². The Morgan fingerprint density at radius 2 is 2.12 bits per heavy atom. The fourth-order valence-electron chi connectivity index (χ4n) is 1.57. The van der Waals surface area contributed by atoms with Crippen molar-refractivity contribution >= 4 is 29.1 Å². The number of carbonyl (C=O) groups excluding carboxylic acids is 2. The molecule has 0 aliphatic carbocycles. The maximum Gasteiger partial charge on any atom is 0.296 e. The lowest BCUT2D eigenvalue weighted by atomic mass is 10.1. The van der Waals surface area contributed by atoms with Crippen LogP contribution in [0, 0.1) is 5.92 Å². The van der Waals surface area contributed by atoms with E-state index in [1.165, 1.54) is 0 Å². The van der Waals surface area contributed by atoms with Crippen molar-refractivity contribution in [2.45, 2.75) is 25.2 Å². The Morgan fingerprint density at radius 3 is 2.82 bits per heavy atom. The minimum Gasteiger partial charge on any atom is -0.318 e. The second kappa shape index (κ2) is 4.92. The van der Waals surface area contributed by atoms with Gasteiger partial charge in [-0.3, -0.25) is 9.59 Å². The molecule has 1 aliphatic rings. The second-order valence-electron chi connectivity index (χ2n) is 4.32. The van der Waals surface area contributed by atoms with Gasteiger partial charge in [0, 0.05) is 10.6 Å². The Morgan fingerprint density at radius 1 is 1.35 bits per heavy atom. The summed E-state index contributed by atoms with van der Waals surface area (Å²) in [5, 5.41) is 2.59. The first-order valence-electron chi connectivity index (χ1n) is 5.74. The van der Waals surface area contributed by atoms with E-state index in [1.54, 1.807) is 17.8 Å². The van der Waals surface area contributed by atoms with E-state index in [0.717, 1.165) is 17.1 Å². The maximum atomic E-state index is 11.4. The molecule has 0 aromatic heterocycles. The summed E-state index contributed by atoms with van der Waals surface area (Å²) in [6.07, 6.45) is 1.16. The van der Waals surface area contributed by atoms with Crippen LogP contribution in [0.4, 0.5) is 5.69 Å². The van der Waals surface area contributed by atoms with Crippen molar-refractivity contribution in [3.05, 3.63) is 23.8 Å². The van der Waals surface area contributed by atoms with Gasteiger partial charge >= 0.3 is 0 Å². The third-order valence-corrected chi connectivity index (χ3v) is 4.24. The van der Waals surface area contributed by atoms with Gasteiger partial charge in [-0.2, -0.15) is 0 Å². The number of fused-ring (bicyclic) bond motifs is 1. The number of carbonyl (C=O) groups is 2. The molecule has 17 heavy (non-hydrogen) atoms. The molecule has 1 aromatic carbocycles. The van der Waals surface area contributed by atoms with Crippen molar-refractivity contribution in [2.75, 3.05) is 11.1 Å². The zero-order valence-electron chi connectivity index (χ0n) is 9.95. The molecule has 1 N–H and O–H groups in total. The monoisotopic (exact) mass is 249 g/mol. The lowest BCUT2D eigenvalue weighted by molar-refractivity contribution is -0.112. The highest BCUT2D eigenvalue weighted by Gasteiger charge is 2.27. The summed E-state index contributed by atoms with van der Waals surface area (Å²) in [4.78, 5) is 23.7. The van der Waals surface area contributed by atoms with Crippen LogP contribution in [0.15, 0.2) is 23.1 Å². The van der Waals surface area contributed by atoms with Gasteiger partial charge in [-0.15, -0.1) is 11.8 Å². The number of Topliss-reactive ketones (excluding diaryl/α,β-unsaturated/α-hetero) is 1. The molecule has 0 spiro atoms. The molecule has 0 bridgehead atoms. The summed E-state index contributed by atoms with van der Waals surface area (Å²) < 4.78 is 0. The fourth-order valence-corrected chi connectivity index (χ4v) is 2.65. The van der Waals surface area contributed by atoms with Crippen molar-refractivity contribution in [1.29, 1.82) is 0 Å². The summed E-state index contributed by atoms with van der Waals surface area (Å²) >= 11 is 1.76. The Labute approximate surface area is 105 Å². The Hall–Kier alpha value is -1.29. The minimum atomic E-state index is -0.524. The molecule has 0 fully saturated rings. The minimum absolute atomic E-state index is 0.432. The van der Waals surface area contributed by atoms with Gasteiger partial charge in [0.1, 0.15) is 0 Å². The number of anilines is 1. The molecule has 0 radical (unpaired) electrons. The van der Waals surface area contributed by atoms with E-state index >= 15 is 0 Å². The largest absolute Gasteiger partial charge is 0.318 e. The van der Waals surface area contributed by atoms with Crippen LogP contribution in [0.5, 0.6) is 0 Å². The zero-order valence-corrected chi connectivity index (χ0v) is 10.8. The summed E-state index contributed by atoms with van der Waals surface area (Å²) in [7, 11) is 0. The molecule has 0 saturated heterocycles. The van der Waals surface area contributed by atoms with E-state index in [1.807, 2.05) is 12.1 Å².